The number of amides is 1. The molecule has 0 aliphatic rings. The van der Waals surface area contributed by atoms with Gasteiger partial charge in [-0.05, 0) is 25.0 Å². The van der Waals surface area contributed by atoms with E-state index in [-0.39, 0.29) is 23.9 Å². The van der Waals surface area contributed by atoms with E-state index in [1.54, 1.807) is 18.2 Å². The maximum Gasteiger partial charge on any atom is 0.227 e. The zero-order chi connectivity index (χ0) is 12.0. The predicted molar refractivity (Wildman–Crippen MR) is 58.4 cm³/mol. The van der Waals surface area contributed by atoms with E-state index in [0.717, 1.165) is 0 Å². The van der Waals surface area contributed by atoms with Gasteiger partial charge in [-0.2, -0.15) is 0 Å². The molecular weight excluding hydrogens is 209 g/mol. The van der Waals surface area contributed by atoms with Crippen LogP contribution in [0.5, 0.6) is 0 Å². The Balaban J connectivity index is 2.33. The molecule has 0 heterocycles. The van der Waals surface area contributed by atoms with Crippen LogP contribution in [0, 0.1) is 5.82 Å². The summed E-state index contributed by atoms with van der Waals surface area (Å²) in [4.78, 5) is 21.7. The van der Waals surface area contributed by atoms with E-state index in [1.165, 1.54) is 13.0 Å². The molecule has 0 radical (unpaired) electrons. The number of nitrogens with one attached hydrogen (secondary N) is 1. The van der Waals surface area contributed by atoms with Crippen molar-refractivity contribution in [3.63, 3.8) is 0 Å². The molecule has 0 fully saturated rings. The number of halogens is 1. The van der Waals surface area contributed by atoms with Gasteiger partial charge in [0, 0.05) is 6.54 Å². The summed E-state index contributed by atoms with van der Waals surface area (Å²) in [7, 11) is 0. The van der Waals surface area contributed by atoms with E-state index in [1.807, 2.05) is 0 Å². The highest BCUT2D eigenvalue weighted by molar-refractivity contribution is 5.96. The minimum Gasteiger partial charge on any atom is -0.355 e. The van der Waals surface area contributed by atoms with Gasteiger partial charge in [-0.3, -0.25) is 9.59 Å². The first-order valence-corrected chi connectivity index (χ1v) is 5.09. The average molecular weight is 223 g/mol. The zero-order valence-electron chi connectivity index (χ0n) is 9.13. The molecule has 0 bridgehead atoms. The van der Waals surface area contributed by atoms with Gasteiger partial charge in [0.1, 0.15) is 11.6 Å². The van der Waals surface area contributed by atoms with Gasteiger partial charge in [0.25, 0.3) is 0 Å². The molecule has 1 aromatic rings. The summed E-state index contributed by atoms with van der Waals surface area (Å²) >= 11 is 0. The molecule has 1 rings (SSSR count). The van der Waals surface area contributed by atoms with Crippen LogP contribution in [0.25, 0.3) is 0 Å². The molecule has 1 amide bonds. The highest BCUT2D eigenvalue weighted by Crippen LogP contribution is 2.06. The lowest BCUT2D eigenvalue weighted by atomic mass is 10.1. The van der Waals surface area contributed by atoms with Crippen molar-refractivity contribution in [3.8, 4) is 0 Å². The molecule has 4 heteroatoms. The van der Waals surface area contributed by atoms with Crippen molar-refractivity contribution in [2.45, 2.75) is 19.8 Å². The van der Waals surface area contributed by atoms with Gasteiger partial charge in [-0.15, -0.1) is 0 Å². The first-order valence-electron chi connectivity index (χ1n) is 5.09. The standard InChI is InChI=1S/C12H14FNO2/c1-9(15)8-12(16)14-7-6-10-4-2-3-5-11(10)13/h2-5H,6-8H2,1H3,(H,14,16). The first kappa shape index (κ1) is 12.4. The number of Topliss-reactive ketones (excluding diaryl/α,β-unsaturated/α-hetero) is 1. The lowest BCUT2D eigenvalue weighted by Crippen LogP contribution is -2.27. The molecule has 0 spiro atoms. The Kier molecular flexibility index (Phi) is 4.64. The molecule has 0 aromatic heterocycles. The number of ketones is 1. The summed E-state index contributed by atoms with van der Waals surface area (Å²) in [6, 6.07) is 6.42. The molecule has 0 saturated heterocycles. The Labute approximate surface area is 93.7 Å². The SMILES string of the molecule is CC(=O)CC(=O)NCCc1ccccc1F. The van der Waals surface area contributed by atoms with Gasteiger partial charge in [0.05, 0.1) is 6.42 Å². The summed E-state index contributed by atoms with van der Waals surface area (Å²) in [6.07, 6.45) is 0.313. The van der Waals surface area contributed by atoms with Crippen LogP contribution in [-0.2, 0) is 16.0 Å². The van der Waals surface area contributed by atoms with Crippen molar-refractivity contribution < 1.29 is 14.0 Å². The van der Waals surface area contributed by atoms with Crippen LogP contribution < -0.4 is 5.32 Å². The number of carbonyl (C=O) groups is 2. The van der Waals surface area contributed by atoms with Crippen LogP contribution >= 0.6 is 0 Å². The fraction of sp³-hybridized carbons (Fsp3) is 0.333. The van der Waals surface area contributed by atoms with E-state index >= 15 is 0 Å². The molecule has 3 nitrogen and oxygen atoms in total. The predicted octanol–water partition coefficient (Wildman–Crippen LogP) is 1.46. The summed E-state index contributed by atoms with van der Waals surface area (Å²) in [5, 5.41) is 2.56. The minimum atomic E-state index is -0.316. The number of benzene rings is 1. The fourth-order valence-corrected chi connectivity index (χ4v) is 1.33. The molecule has 86 valence electrons. The summed E-state index contributed by atoms with van der Waals surface area (Å²) in [6.45, 7) is 1.70. The first-order chi connectivity index (χ1) is 7.59. The number of rotatable bonds is 5. The number of hydrogen-bond donors (Lipinski definition) is 1. The molecule has 0 aliphatic carbocycles. The van der Waals surface area contributed by atoms with Gasteiger partial charge >= 0.3 is 0 Å². The van der Waals surface area contributed by atoms with E-state index in [4.69, 9.17) is 0 Å². The average Bonchev–Trinajstić information content (AvgIpc) is 2.19. The van der Waals surface area contributed by atoms with Crippen molar-refractivity contribution in [1.82, 2.24) is 5.32 Å². The van der Waals surface area contributed by atoms with Crippen LogP contribution in [0.1, 0.15) is 18.9 Å². The van der Waals surface area contributed by atoms with Crippen molar-refractivity contribution >= 4 is 11.7 Å². The molecule has 0 unspecified atom stereocenters. The van der Waals surface area contributed by atoms with E-state index < -0.39 is 0 Å². The van der Waals surface area contributed by atoms with Crippen molar-refractivity contribution in [3.05, 3.63) is 35.6 Å². The third-order valence-electron chi connectivity index (χ3n) is 2.08. The molecule has 1 N–H and O–H groups in total. The fourth-order valence-electron chi connectivity index (χ4n) is 1.33. The molecule has 0 saturated carbocycles. The van der Waals surface area contributed by atoms with E-state index in [0.29, 0.717) is 18.5 Å². The second-order valence-electron chi connectivity index (χ2n) is 3.57. The Morgan fingerprint density at radius 2 is 2.00 bits per heavy atom. The molecule has 0 atom stereocenters. The summed E-state index contributed by atoms with van der Waals surface area (Å²) < 4.78 is 13.2. The molecular formula is C12H14FNO2. The van der Waals surface area contributed by atoms with Crippen LogP contribution in [0.3, 0.4) is 0 Å². The maximum absolute atomic E-state index is 13.2. The summed E-state index contributed by atoms with van der Waals surface area (Å²) in [5.41, 5.74) is 0.561. The largest absolute Gasteiger partial charge is 0.355 e. The van der Waals surface area contributed by atoms with E-state index in [2.05, 4.69) is 5.32 Å². The Hall–Kier alpha value is -1.71. The molecule has 1 aromatic carbocycles. The second-order valence-corrected chi connectivity index (χ2v) is 3.57. The lowest BCUT2D eigenvalue weighted by molar-refractivity contribution is -0.127. The van der Waals surface area contributed by atoms with Crippen molar-refractivity contribution in [2.24, 2.45) is 0 Å². The Morgan fingerprint density at radius 1 is 1.31 bits per heavy atom. The van der Waals surface area contributed by atoms with Gasteiger partial charge in [-0.25, -0.2) is 4.39 Å². The van der Waals surface area contributed by atoms with Gasteiger partial charge in [-0.1, -0.05) is 18.2 Å². The Bertz CT molecular complexity index is 390. The monoisotopic (exact) mass is 223 g/mol. The zero-order valence-corrected chi connectivity index (χ0v) is 9.13. The quantitative estimate of drug-likeness (QED) is 0.768. The van der Waals surface area contributed by atoms with Crippen LogP contribution in [0.15, 0.2) is 24.3 Å². The Morgan fingerprint density at radius 3 is 2.62 bits per heavy atom. The van der Waals surface area contributed by atoms with Crippen molar-refractivity contribution in [1.29, 1.82) is 0 Å². The van der Waals surface area contributed by atoms with Crippen LogP contribution in [0.2, 0.25) is 0 Å². The summed E-state index contributed by atoms with van der Waals surface area (Å²) in [5.74, 6) is -0.768. The van der Waals surface area contributed by atoms with Gasteiger partial charge < -0.3 is 5.32 Å². The number of carbonyl (C=O) groups excluding carboxylic acids is 2. The van der Waals surface area contributed by atoms with Crippen molar-refractivity contribution in [2.75, 3.05) is 6.54 Å². The lowest BCUT2D eigenvalue weighted by Gasteiger charge is -2.04. The highest BCUT2D eigenvalue weighted by atomic mass is 19.1. The normalized spacial score (nSPS) is 9.88. The smallest absolute Gasteiger partial charge is 0.227 e. The van der Waals surface area contributed by atoms with Gasteiger partial charge in [0.2, 0.25) is 5.91 Å². The third kappa shape index (κ3) is 4.21. The third-order valence-corrected chi connectivity index (χ3v) is 2.08. The molecule has 0 aliphatic heterocycles. The highest BCUT2D eigenvalue weighted by Gasteiger charge is 2.05. The maximum atomic E-state index is 13.2. The van der Waals surface area contributed by atoms with Crippen LogP contribution in [0.4, 0.5) is 4.39 Å². The second kappa shape index (κ2) is 6.00. The minimum absolute atomic E-state index is 0.114. The molecule has 16 heavy (non-hydrogen) atoms. The van der Waals surface area contributed by atoms with Crippen LogP contribution in [-0.4, -0.2) is 18.2 Å². The number of hydrogen-bond acceptors (Lipinski definition) is 2. The van der Waals surface area contributed by atoms with E-state index in [9.17, 15) is 14.0 Å². The topological polar surface area (TPSA) is 46.2 Å². The van der Waals surface area contributed by atoms with Gasteiger partial charge in [0.15, 0.2) is 0 Å².